The Kier molecular flexibility index (Phi) is 7.32. The van der Waals surface area contributed by atoms with Crippen molar-refractivity contribution in [3.05, 3.63) is 70.0 Å². The van der Waals surface area contributed by atoms with Gasteiger partial charge in [0.15, 0.2) is 5.75 Å². The molecule has 140 valence electrons. The molecule has 1 atom stereocenters. The molecule has 8 heteroatoms. The molecule has 1 saturated heterocycles. The Morgan fingerprint density at radius 1 is 1.27 bits per heavy atom. The molecule has 1 heterocycles. The summed E-state index contributed by atoms with van der Waals surface area (Å²) in [5.74, 6) is 0.0177. The number of halogens is 2. The molecule has 1 unspecified atom stereocenters. The Hall–Kier alpha value is -2.22. The number of nitrogens with zero attached hydrogens (tertiary/aromatic N) is 2. The molecule has 0 bridgehead atoms. The number of nitrogens with one attached hydrogen (secondary N) is 1. The van der Waals surface area contributed by atoms with E-state index in [2.05, 4.69) is 10.2 Å². The van der Waals surface area contributed by atoms with Gasteiger partial charge in [0, 0.05) is 38.3 Å². The van der Waals surface area contributed by atoms with E-state index in [4.69, 9.17) is 4.74 Å². The van der Waals surface area contributed by atoms with Gasteiger partial charge in [0.1, 0.15) is 12.4 Å². The third-order valence-corrected chi connectivity index (χ3v) is 4.29. The minimum atomic E-state index is -0.449. The van der Waals surface area contributed by atoms with E-state index in [1.807, 2.05) is 6.07 Å². The molecule has 0 amide bonds. The molecule has 1 aliphatic rings. The average molecular weight is 382 g/mol. The lowest BCUT2D eigenvalue weighted by Gasteiger charge is -2.36. The number of hydrogen-bond donors (Lipinski definition) is 1. The topological polar surface area (TPSA) is 67.6 Å². The first kappa shape index (κ1) is 20.1. The second-order valence-corrected chi connectivity index (χ2v) is 5.88. The van der Waals surface area contributed by atoms with Gasteiger partial charge in [-0.3, -0.25) is 15.0 Å². The van der Waals surface area contributed by atoms with Crippen LogP contribution in [0.5, 0.6) is 5.75 Å². The van der Waals surface area contributed by atoms with E-state index in [0.717, 1.165) is 25.2 Å². The third kappa shape index (κ3) is 4.91. The second kappa shape index (κ2) is 9.47. The van der Waals surface area contributed by atoms with Gasteiger partial charge in [-0.05, 0) is 23.8 Å². The number of hydrogen-bond acceptors (Lipinski definition) is 5. The van der Waals surface area contributed by atoms with Crippen LogP contribution in [0, 0.1) is 15.9 Å². The number of nitro benzene ring substituents is 1. The molecular weight excluding hydrogens is 361 g/mol. The van der Waals surface area contributed by atoms with Crippen molar-refractivity contribution < 1.29 is 14.1 Å². The summed E-state index contributed by atoms with van der Waals surface area (Å²) >= 11 is 0. The van der Waals surface area contributed by atoms with Gasteiger partial charge in [-0.1, -0.05) is 24.3 Å². The van der Waals surface area contributed by atoms with E-state index < -0.39 is 4.92 Å². The summed E-state index contributed by atoms with van der Waals surface area (Å²) < 4.78 is 19.1. The van der Waals surface area contributed by atoms with Crippen LogP contribution in [0.25, 0.3) is 0 Å². The first-order valence-corrected chi connectivity index (χ1v) is 8.21. The lowest BCUT2D eigenvalue weighted by molar-refractivity contribution is -0.385. The maximum Gasteiger partial charge on any atom is 0.310 e. The number of ether oxygens (including phenoxy) is 1. The van der Waals surface area contributed by atoms with Gasteiger partial charge >= 0.3 is 5.69 Å². The monoisotopic (exact) mass is 381 g/mol. The predicted octanol–water partition coefficient (Wildman–Crippen LogP) is 3.18. The van der Waals surface area contributed by atoms with Crippen LogP contribution in [-0.2, 0) is 0 Å². The van der Waals surface area contributed by atoms with Crippen molar-refractivity contribution >= 4 is 18.1 Å². The van der Waals surface area contributed by atoms with Gasteiger partial charge in [0.05, 0.1) is 4.92 Å². The van der Waals surface area contributed by atoms with E-state index >= 15 is 0 Å². The van der Waals surface area contributed by atoms with Gasteiger partial charge < -0.3 is 10.1 Å². The molecule has 3 rings (SSSR count). The fourth-order valence-corrected chi connectivity index (χ4v) is 3.06. The summed E-state index contributed by atoms with van der Waals surface area (Å²) in [5, 5.41) is 14.3. The SMILES string of the molecule is Cl.O=[N+]([O-])c1ccccc1OCCN1CCNCC1c1cccc(F)c1. The van der Waals surface area contributed by atoms with Crippen molar-refractivity contribution in [3.63, 3.8) is 0 Å². The summed E-state index contributed by atoms with van der Waals surface area (Å²) in [6.45, 7) is 3.32. The summed E-state index contributed by atoms with van der Waals surface area (Å²) in [4.78, 5) is 12.8. The van der Waals surface area contributed by atoms with Crippen molar-refractivity contribution in [1.82, 2.24) is 10.2 Å². The van der Waals surface area contributed by atoms with Crippen molar-refractivity contribution in [2.45, 2.75) is 6.04 Å². The predicted molar refractivity (Wildman–Crippen MR) is 99.4 cm³/mol. The Balaban J connectivity index is 0.00000243. The summed E-state index contributed by atoms with van der Waals surface area (Å²) in [7, 11) is 0. The van der Waals surface area contributed by atoms with E-state index in [-0.39, 0.29) is 35.7 Å². The van der Waals surface area contributed by atoms with Crippen LogP contribution < -0.4 is 10.1 Å². The van der Waals surface area contributed by atoms with Gasteiger partial charge in [-0.15, -0.1) is 12.4 Å². The zero-order valence-corrected chi connectivity index (χ0v) is 15.0. The van der Waals surface area contributed by atoms with Crippen molar-refractivity contribution in [1.29, 1.82) is 0 Å². The van der Waals surface area contributed by atoms with E-state index in [1.54, 1.807) is 30.3 Å². The van der Waals surface area contributed by atoms with E-state index in [1.165, 1.54) is 12.1 Å². The second-order valence-electron chi connectivity index (χ2n) is 5.88. The number of nitro groups is 1. The largest absolute Gasteiger partial charge is 0.485 e. The molecule has 0 spiro atoms. The minimum absolute atomic E-state index is 0. The Morgan fingerprint density at radius 3 is 2.85 bits per heavy atom. The zero-order chi connectivity index (χ0) is 17.6. The highest BCUT2D eigenvalue weighted by molar-refractivity contribution is 5.85. The molecule has 0 saturated carbocycles. The van der Waals surface area contributed by atoms with Crippen LogP contribution in [0.1, 0.15) is 11.6 Å². The lowest BCUT2D eigenvalue weighted by Crippen LogP contribution is -2.47. The molecule has 2 aromatic rings. The minimum Gasteiger partial charge on any atom is -0.485 e. The molecule has 2 aromatic carbocycles. The molecular formula is C18H21ClFN3O3. The van der Waals surface area contributed by atoms with Crippen LogP contribution in [0.2, 0.25) is 0 Å². The van der Waals surface area contributed by atoms with Crippen molar-refractivity contribution in [2.75, 3.05) is 32.8 Å². The van der Waals surface area contributed by atoms with Gasteiger partial charge in [-0.2, -0.15) is 0 Å². The van der Waals surface area contributed by atoms with E-state index in [0.29, 0.717) is 13.2 Å². The molecule has 0 radical (unpaired) electrons. The summed E-state index contributed by atoms with van der Waals surface area (Å²) in [6.07, 6.45) is 0. The van der Waals surface area contributed by atoms with Crippen LogP contribution in [-0.4, -0.2) is 42.6 Å². The highest BCUT2D eigenvalue weighted by Gasteiger charge is 2.24. The van der Waals surface area contributed by atoms with Crippen LogP contribution >= 0.6 is 12.4 Å². The van der Waals surface area contributed by atoms with Crippen LogP contribution in [0.3, 0.4) is 0 Å². The van der Waals surface area contributed by atoms with Gasteiger partial charge in [0.2, 0.25) is 0 Å². The number of para-hydroxylation sites is 2. The van der Waals surface area contributed by atoms with Crippen molar-refractivity contribution in [2.24, 2.45) is 0 Å². The fraction of sp³-hybridized carbons (Fsp3) is 0.333. The molecule has 1 aliphatic heterocycles. The maximum absolute atomic E-state index is 13.5. The number of piperazine rings is 1. The van der Waals surface area contributed by atoms with Crippen LogP contribution in [0.4, 0.5) is 10.1 Å². The Bertz CT molecular complexity index is 747. The number of rotatable bonds is 6. The molecule has 1 fully saturated rings. The van der Waals surface area contributed by atoms with Gasteiger partial charge in [0.25, 0.3) is 0 Å². The molecule has 6 nitrogen and oxygen atoms in total. The summed E-state index contributed by atoms with van der Waals surface area (Å²) in [6, 6.07) is 13.0. The lowest BCUT2D eigenvalue weighted by atomic mass is 10.0. The average Bonchev–Trinajstić information content (AvgIpc) is 2.62. The van der Waals surface area contributed by atoms with E-state index in [9.17, 15) is 14.5 Å². The maximum atomic E-state index is 13.5. The normalized spacial score (nSPS) is 17.3. The fourth-order valence-electron chi connectivity index (χ4n) is 3.06. The Labute approximate surface area is 157 Å². The third-order valence-electron chi connectivity index (χ3n) is 4.29. The zero-order valence-electron chi connectivity index (χ0n) is 14.1. The molecule has 1 N–H and O–H groups in total. The Morgan fingerprint density at radius 2 is 2.08 bits per heavy atom. The van der Waals surface area contributed by atoms with Crippen molar-refractivity contribution in [3.8, 4) is 5.75 Å². The first-order valence-electron chi connectivity index (χ1n) is 8.21. The van der Waals surface area contributed by atoms with Crippen LogP contribution in [0.15, 0.2) is 48.5 Å². The first-order chi connectivity index (χ1) is 12.1. The highest BCUT2D eigenvalue weighted by Crippen LogP contribution is 2.26. The molecule has 26 heavy (non-hydrogen) atoms. The molecule has 0 aromatic heterocycles. The molecule has 0 aliphatic carbocycles. The smallest absolute Gasteiger partial charge is 0.310 e. The number of benzene rings is 2. The van der Waals surface area contributed by atoms with Gasteiger partial charge in [-0.25, -0.2) is 4.39 Å². The summed E-state index contributed by atoms with van der Waals surface area (Å²) in [5.41, 5.74) is 0.877. The quantitative estimate of drug-likeness (QED) is 0.615. The highest BCUT2D eigenvalue weighted by atomic mass is 35.5. The standard InChI is InChI=1S/C18H20FN3O3.ClH/c19-15-5-3-4-14(12-15)17-13-20-8-9-21(17)10-11-25-18-7-2-1-6-16(18)22(23)24;/h1-7,12,17,20H,8-11,13H2;1H.